The van der Waals surface area contributed by atoms with E-state index in [1.54, 1.807) is 0 Å². The fourth-order valence-electron chi connectivity index (χ4n) is 7.62. The van der Waals surface area contributed by atoms with Crippen LogP contribution in [0.15, 0.2) is 35.5 Å². The Morgan fingerprint density at radius 2 is 1.37 bits per heavy atom. The first-order valence-electron chi connectivity index (χ1n) is 21.6. The Kier molecular flexibility index (Phi) is 20.0. The van der Waals surface area contributed by atoms with Crippen LogP contribution in [0.5, 0.6) is 0 Å². The Hall–Kier alpha value is -0.534. The van der Waals surface area contributed by atoms with Gasteiger partial charge in [-0.05, 0) is 25.8 Å². The molecule has 10 heteroatoms. The summed E-state index contributed by atoms with van der Waals surface area (Å²) in [6.45, 7) is 27.9. The number of rotatable bonds is 24. The van der Waals surface area contributed by atoms with E-state index in [0.717, 1.165) is 32.1 Å². The molecule has 3 rings (SSSR count). The van der Waals surface area contributed by atoms with Crippen LogP contribution in [0.25, 0.3) is 0 Å². The molecular weight excluding hydrogens is 801 g/mol. The summed E-state index contributed by atoms with van der Waals surface area (Å²) in [4.78, 5) is 0. The first-order valence-corrected chi connectivity index (χ1v) is 31.8. The number of hydrogen-bond acceptors (Lipinski definition) is 8. The van der Waals surface area contributed by atoms with Gasteiger partial charge >= 0.3 is 248 Å². The molecular formula is C44H81NO7SiSn. The predicted octanol–water partition coefficient (Wildman–Crippen LogP) is 12.3. The molecule has 54 heavy (non-hydrogen) atoms. The van der Waals surface area contributed by atoms with E-state index in [9.17, 15) is 0 Å². The first-order chi connectivity index (χ1) is 25.4. The molecule has 1 aromatic carbocycles. The molecule has 0 aromatic heterocycles. The van der Waals surface area contributed by atoms with Gasteiger partial charge in [0.15, 0.2) is 5.79 Å². The molecule has 2 heterocycles. The van der Waals surface area contributed by atoms with Gasteiger partial charge in [0.25, 0.3) is 0 Å². The summed E-state index contributed by atoms with van der Waals surface area (Å²) in [5.41, 5.74) is 1.19. The van der Waals surface area contributed by atoms with E-state index < -0.39 is 38.7 Å². The number of ether oxygens (including phenoxy) is 5. The summed E-state index contributed by atoms with van der Waals surface area (Å²) >= 11 is -2.82. The zero-order valence-electron chi connectivity index (χ0n) is 36.7. The van der Waals surface area contributed by atoms with Gasteiger partial charge in [-0.2, -0.15) is 0 Å². The molecule has 0 unspecified atom stereocenters. The molecule has 0 radical (unpaired) electrons. The SMILES string of the molecule is CCC[CH2][Sn]([CH2]CCC)([CH2]CCC)[O]/N=C/C[C@@H]1C[C@H]([C@@H](CC[C@@H]2C[C@H](CCOCc3ccccc3)OC(C)(C)O2)O[Si](C)(C)C(C)(C)C)OC(C)(C)O1. The molecule has 0 N–H and O–H groups in total. The van der Waals surface area contributed by atoms with E-state index in [2.05, 4.69) is 78.9 Å². The molecule has 312 valence electrons. The van der Waals surface area contributed by atoms with Gasteiger partial charge in [-0.1, -0.05) is 30.3 Å². The Morgan fingerprint density at radius 1 is 0.815 bits per heavy atom. The van der Waals surface area contributed by atoms with E-state index in [1.807, 2.05) is 40.0 Å². The zero-order valence-corrected chi connectivity index (χ0v) is 40.5. The van der Waals surface area contributed by atoms with E-state index in [-0.39, 0.29) is 35.6 Å². The summed E-state index contributed by atoms with van der Waals surface area (Å²) in [5, 5.41) is 4.82. The normalized spacial score (nSPS) is 24.1. The van der Waals surface area contributed by atoms with Crippen molar-refractivity contribution in [3.8, 4) is 0 Å². The predicted molar refractivity (Wildman–Crippen MR) is 228 cm³/mol. The molecule has 2 aliphatic heterocycles. The molecule has 8 nitrogen and oxygen atoms in total. The molecule has 0 amide bonds. The van der Waals surface area contributed by atoms with Crippen LogP contribution in [-0.2, 0) is 37.9 Å². The van der Waals surface area contributed by atoms with Crippen molar-refractivity contribution in [2.45, 2.75) is 226 Å². The van der Waals surface area contributed by atoms with Crippen LogP contribution < -0.4 is 0 Å². The Morgan fingerprint density at radius 3 is 1.94 bits per heavy atom. The quantitative estimate of drug-likeness (QED) is 0.0443. The Balaban J connectivity index is 1.70. The molecule has 5 atom stereocenters. The summed E-state index contributed by atoms with van der Waals surface area (Å²) in [6.07, 6.45) is 14.2. The van der Waals surface area contributed by atoms with Crippen molar-refractivity contribution >= 4 is 33.3 Å². The molecule has 2 aliphatic rings. The first kappa shape index (κ1) is 47.8. The van der Waals surface area contributed by atoms with Crippen molar-refractivity contribution in [1.29, 1.82) is 0 Å². The maximum absolute atomic E-state index is 7.26. The van der Waals surface area contributed by atoms with Crippen molar-refractivity contribution in [1.82, 2.24) is 0 Å². The third-order valence-electron chi connectivity index (χ3n) is 11.6. The third-order valence-corrected chi connectivity index (χ3v) is 28.3. The summed E-state index contributed by atoms with van der Waals surface area (Å²) < 4.78 is 50.0. The summed E-state index contributed by atoms with van der Waals surface area (Å²) in [7, 11) is -2.13. The van der Waals surface area contributed by atoms with Crippen molar-refractivity contribution in [3.63, 3.8) is 0 Å². The van der Waals surface area contributed by atoms with Crippen LogP contribution >= 0.6 is 0 Å². The number of unbranched alkanes of at least 4 members (excludes halogenated alkanes) is 3. The van der Waals surface area contributed by atoms with Gasteiger partial charge in [0, 0.05) is 6.61 Å². The zero-order chi connectivity index (χ0) is 39.9. The van der Waals surface area contributed by atoms with Crippen LogP contribution in [0.4, 0.5) is 0 Å². The maximum atomic E-state index is 7.26. The van der Waals surface area contributed by atoms with E-state index in [4.69, 9.17) is 36.4 Å². The van der Waals surface area contributed by atoms with Gasteiger partial charge in [0.2, 0.25) is 0 Å². The monoisotopic (exact) mass is 883 g/mol. The average molecular weight is 883 g/mol. The van der Waals surface area contributed by atoms with Gasteiger partial charge in [-0.15, -0.1) is 0 Å². The van der Waals surface area contributed by atoms with Gasteiger partial charge < -0.3 is 9.47 Å². The van der Waals surface area contributed by atoms with Crippen LogP contribution in [0.1, 0.15) is 152 Å². The minimum atomic E-state index is -2.82. The second-order valence-electron chi connectivity index (χ2n) is 18.6. The number of hydrogen-bond donors (Lipinski definition) is 0. The minimum absolute atomic E-state index is 0.0262. The van der Waals surface area contributed by atoms with Crippen molar-refractivity contribution in [3.05, 3.63) is 35.9 Å². The summed E-state index contributed by atoms with van der Waals surface area (Å²) in [6, 6.07) is 10.3. The van der Waals surface area contributed by atoms with Crippen molar-refractivity contribution < 1.29 is 31.3 Å². The number of benzene rings is 1. The second kappa shape index (κ2) is 22.6. The van der Waals surface area contributed by atoms with Crippen LogP contribution in [0.2, 0.25) is 31.4 Å². The topological polar surface area (TPSA) is 77.0 Å². The van der Waals surface area contributed by atoms with Crippen LogP contribution in [0, 0.1) is 0 Å². The van der Waals surface area contributed by atoms with Crippen LogP contribution in [-0.4, -0.2) is 82.0 Å². The standard InChI is InChI=1S/C32H55NO7Si.3C4H9.Sn/c1-30(2,3)41(8,9)40-28(29-22-26(17-19-33-34)37-32(6,7)39-29)16-15-25-21-27(38-31(4,5)36-25)18-20-35-23-24-13-11-10-12-14-24;3*1-3-4-2;/h10-14,19,25-29,34H,15-18,20-23H2,1-9H3;3*1,3-4H2,2H3;/q;;;;+1/p-1/b33-19+;;;;/t25-,26-,27+,28-,29-;;;;/m1..../s1. The molecule has 1 aromatic rings. The van der Waals surface area contributed by atoms with Gasteiger partial charge in [-0.25, -0.2) is 0 Å². The van der Waals surface area contributed by atoms with E-state index in [1.165, 1.54) is 57.4 Å². The van der Waals surface area contributed by atoms with Crippen molar-refractivity contribution in [2.75, 3.05) is 6.61 Å². The van der Waals surface area contributed by atoms with Gasteiger partial charge in [0.1, 0.15) is 0 Å². The average Bonchev–Trinajstić information content (AvgIpc) is 3.09. The molecule has 0 saturated carbocycles. The fraction of sp³-hybridized carbons (Fsp3) is 0.841. The van der Waals surface area contributed by atoms with Gasteiger partial charge in [-0.3, -0.25) is 0 Å². The fourth-order valence-corrected chi connectivity index (χ4v) is 21.3. The van der Waals surface area contributed by atoms with Gasteiger partial charge in [0.05, 0.1) is 12.7 Å². The molecule has 2 saturated heterocycles. The Bertz CT molecular complexity index is 1190. The summed E-state index contributed by atoms with van der Waals surface area (Å²) in [5.74, 6) is -1.39. The molecule has 0 aliphatic carbocycles. The van der Waals surface area contributed by atoms with Crippen molar-refractivity contribution in [2.24, 2.45) is 5.16 Å². The number of oxime groups is 1. The molecule has 0 bridgehead atoms. The number of nitrogens with zero attached hydrogens (tertiary/aromatic N) is 1. The second-order valence-corrected chi connectivity index (χ2v) is 34.9. The van der Waals surface area contributed by atoms with E-state index in [0.29, 0.717) is 19.6 Å². The molecule has 2 fully saturated rings. The molecule has 0 spiro atoms. The Labute approximate surface area is 337 Å². The third kappa shape index (κ3) is 16.7. The van der Waals surface area contributed by atoms with E-state index >= 15 is 0 Å². The van der Waals surface area contributed by atoms with Crippen LogP contribution in [0.3, 0.4) is 0 Å².